The van der Waals surface area contributed by atoms with Crippen molar-refractivity contribution in [1.82, 2.24) is 0 Å². The Morgan fingerprint density at radius 1 is 1.11 bits per heavy atom. The molecule has 0 heterocycles. The summed E-state index contributed by atoms with van der Waals surface area (Å²) in [6, 6.07) is 9.64. The first kappa shape index (κ1) is 14.5. The van der Waals surface area contributed by atoms with Gasteiger partial charge >= 0.3 is 5.97 Å². The Labute approximate surface area is 108 Å². The van der Waals surface area contributed by atoms with Crippen LogP contribution in [-0.4, -0.2) is 24.3 Å². The monoisotopic (exact) mass is 248 g/mol. The lowest BCUT2D eigenvalue weighted by atomic mass is 10.2. The highest BCUT2D eigenvalue weighted by molar-refractivity contribution is 5.86. The van der Waals surface area contributed by atoms with Crippen LogP contribution in [0.5, 0.6) is 0 Å². The third kappa shape index (κ3) is 6.86. The summed E-state index contributed by atoms with van der Waals surface area (Å²) in [5.41, 5.74) is 0.984. The summed E-state index contributed by atoms with van der Waals surface area (Å²) in [5.74, 6) is -0.305. The molecule has 3 heteroatoms. The molecule has 0 aliphatic carbocycles. The molecule has 0 saturated carbocycles. The average molecular weight is 248 g/mol. The fraction of sp³-hybridized carbons (Fsp3) is 0.400. The summed E-state index contributed by atoms with van der Waals surface area (Å²) in [7, 11) is 0. The molecule has 0 aromatic heterocycles. The Balaban J connectivity index is 2.12. The first-order valence-electron chi connectivity index (χ1n) is 6.33. The van der Waals surface area contributed by atoms with Crippen molar-refractivity contribution >= 4 is 12.0 Å². The Bertz CT molecular complexity index is 357. The number of rotatable bonds is 8. The fourth-order valence-corrected chi connectivity index (χ4v) is 1.52. The molecule has 0 saturated heterocycles. The highest BCUT2D eigenvalue weighted by atomic mass is 16.5. The summed E-state index contributed by atoms with van der Waals surface area (Å²) in [6.45, 7) is 0.684. The Morgan fingerprint density at radius 2 is 1.83 bits per heavy atom. The maximum Gasteiger partial charge on any atom is 0.330 e. The molecule has 0 fully saturated rings. The molecule has 0 aliphatic rings. The summed E-state index contributed by atoms with van der Waals surface area (Å²) in [6.07, 6.45) is 6.83. The van der Waals surface area contributed by atoms with Crippen molar-refractivity contribution in [1.29, 1.82) is 0 Å². The van der Waals surface area contributed by atoms with E-state index in [2.05, 4.69) is 0 Å². The first-order chi connectivity index (χ1) is 8.83. The number of esters is 1. The molecule has 0 spiro atoms. The fourth-order valence-electron chi connectivity index (χ4n) is 1.52. The van der Waals surface area contributed by atoms with Crippen LogP contribution in [0, 0.1) is 0 Å². The third-order valence-corrected chi connectivity index (χ3v) is 2.51. The Kier molecular flexibility index (Phi) is 7.57. The van der Waals surface area contributed by atoms with Crippen molar-refractivity contribution in [2.45, 2.75) is 25.7 Å². The molecule has 0 bridgehead atoms. The van der Waals surface area contributed by atoms with E-state index in [-0.39, 0.29) is 12.6 Å². The number of hydrogen-bond acceptors (Lipinski definition) is 3. The lowest BCUT2D eigenvalue weighted by molar-refractivity contribution is -0.137. The molecule has 1 aromatic carbocycles. The molecule has 0 amide bonds. The topological polar surface area (TPSA) is 46.5 Å². The Morgan fingerprint density at radius 3 is 2.56 bits per heavy atom. The maximum atomic E-state index is 11.4. The molecule has 0 atom stereocenters. The Hall–Kier alpha value is -1.61. The van der Waals surface area contributed by atoms with Gasteiger partial charge in [0.1, 0.15) is 0 Å². The van der Waals surface area contributed by atoms with Gasteiger partial charge < -0.3 is 9.84 Å². The molecule has 1 aromatic rings. The molecule has 98 valence electrons. The van der Waals surface area contributed by atoms with Crippen molar-refractivity contribution in [2.75, 3.05) is 13.2 Å². The second-order valence-corrected chi connectivity index (χ2v) is 4.05. The van der Waals surface area contributed by atoms with Crippen molar-refractivity contribution < 1.29 is 14.6 Å². The number of carbonyl (C=O) groups excluding carboxylic acids is 1. The van der Waals surface area contributed by atoms with Gasteiger partial charge in [-0.25, -0.2) is 4.79 Å². The van der Waals surface area contributed by atoms with E-state index in [0.717, 1.165) is 31.2 Å². The zero-order valence-electron chi connectivity index (χ0n) is 10.5. The van der Waals surface area contributed by atoms with Crippen LogP contribution in [0.25, 0.3) is 6.08 Å². The van der Waals surface area contributed by atoms with Crippen LogP contribution in [0.3, 0.4) is 0 Å². The summed E-state index contributed by atoms with van der Waals surface area (Å²) in [5, 5.41) is 8.59. The van der Waals surface area contributed by atoms with E-state index in [0.29, 0.717) is 6.61 Å². The standard InChI is InChI=1S/C15H20O3/c16-12-6-1-2-7-13-18-15(17)11-10-14-8-4-3-5-9-14/h3-5,8-11,16H,1-2,6-7,12-13H2. The molecular weight excluding hydrogens is 228 g/mol. The summed E-state index contributed by atoms with van der Waals surface area (Å²) < 4.78 is 5.06. The van der Waals surface area contributed by atoms with Crippen molar-refractivity contribution in [2.24, 2.45) is 0 Å². The van der Waals surface area contributed by atoms with Gasteiger partial charge in [0.2, 0.25) is 0 Å². The van der Waals surface area contributed by atoms with Crippen LogP contribution in [-0.2, 0) is 9.53 Å². The smallest absolute Gasteiger partial charge is 0.330 e. The molecule has 3 nitrogen and oxygen atoms in total. The number of unbranched alkanes of at least 4 members (excludes halogenated alkanes) is 3. The summed E-state index contributed by atoms with van der Waals surface area (Å²) >= 11 is 0. The quantitative estimate of drug-likeness (QED) is 0.437. The first-order valence-corrected chi connectivity index (χ1v) is 6.33. The number of ether oxygens (including phenoxy) is 1. The van der Waals surface area contributed by atoms with Crippen LogP contribution in [0.1, 0.15) is 31.2 Å². The number of aliphatic hydroxyl groups is 1. The van der Waals surface area contributed by atoms with Crippen LogP contribution >= 0.6 is 0 Å². The molecular formula is C15H20O3. The minimum Gasteiger partial charge on any atom is -0.463 e. The zero-order valence-corrected chi connectivity index (χ0v) is 10.5. The highest BCUT2D eigenvalue weighted by Gasteiger charge is 1.96. The van der Waals surface area contributed by atoms with Crippen LogP contribution in [0.15, 0.2) is 36.4 Å². The van der Waals surface area contributed by atoms with Crippen LogP contribution in [0.4, 0.5) is 0 Å². The number of aliphatic hydroxyl groups excluding tert-OH is 1. The number of hydrogen-bond donors (Lipinski definition) is 1. The molecule has 0 aliphatic heterocycles. The molecule has 0 unspecified atom stereocenters. The molecule has 18 heavy (non-hydrogen) atoms. The lowest BCUT2D eigenvalue weighted by Crippen LogP contribution is -2.02. The molecule has 0 radical (unpaired) electrons. The van der Waals surface area contributed by atoms with Crippen LogP contribution in [0.2, 0.25) is 0 Å². The predicted octanol–water partition coefficient (Wildman–Crippen LogP) is 2.80. The number of benzene rings is 1. The SMILES string of the molecule is O=C(C=Cc1ccccc1)OCCCCCCO. The maximum absolute atomic E-state index is 11.4. The van der Waals surface area contributed by atoms with Gasteiger partial charge in [-0.1, -0.05) is 36.8 Å². The number of carbonyl (C=O) groups is 1. The third-order valence-electron chi connectivity index (χ3n) is 2.51. The van der Waals surface area contributed by atoms with Gasteiger partial charge in [-0.2, -0.15) is 0 Å². The van der Waals surface area contributed by atoms with E-state index in [1.54, 1.807) is 6.08 Å². The normalized spacial score (nSPS) is 10.7. The van der Waals surface area contributed by atoms with Gasteiger partial charge in [0.15, 0.2) is 0 Å². The second kappa shape index (κ2) is 9.42. The average Bonchev–Trinajstić information content (AvgIpc) is 2.41. The van der Waals surface area contributed by atoms with Gasteiger partial charge in [-0.05, 0) is 30.9 Å². The largest absolute Gasteiger partial charge is 0.463 e. The van der Waals surface area contributed by atoms with Crippen LogP contribution < -0.4 is 0 Å². The zero-order chi connectivity index (χ0) is 13.1. The van der Waals surface area contributed by atoms with Gasteiger partial charge in [-0.3, -0.25) is 0 Å². The van der Waals surface area contributed by atoms with Crippen molar-refractivity contribution in [3.05, 3.63) is 42.0 Å². The van der Waals surface area contributed by atoms with Gasteiger partial charge in [0, 0.05) is 12.7 Å². The van der Waals surface area contributed by atoms with Crippen molar-refractivity contribution in [3.63, 3.8) is 0 Å². The van der Waals surface area contributed by atoms with E-state index in [4.69, 9.17) is 9.84 Å². The molecule has 1 N–H and O–H groups in total. The lowest BCUT2D eigenvalue weighted by Gasteiger charge is -2.01. The van der Waals surface area contributed by atoms with E-state index in [1.165, 1.54) is 6.08 Å². The van der Waals surface area contributed by atoms with E-state index < -0.39 is 0 Å². The molecule has 1 rings (SSSR count). The summed E-state index contributed by atoms with van der Waals surface area (Å²) in [4.78, 5) is 11.4. The van der Waals surface area contributed by atoms with Gasteiger partial charge in [-0.15, -0.1) is 0 Å². The minimum atomic E-state index is -0.305. The van der Waals surface area contributed by atoms with Gasteiger partial charge in [0.25, 0.3) is 0 Å². The van der Waals surface area contributed by atoms with E-state index >= 15 is 0 Å². The van der Waals surface area contributed by atoms with Crippen molar-refractivity contribution in [3.8, 4) is 0 Å². The second-order valence-electron chi connectivity index (χ2n) is 4.05. The van der Waals surface area contributed by atoms with Gasteiger partial charge in [0.05, 0.1) is 6.61 Å². The minimum absolute atomic E-state index is 0.236. The predicted molar refractivity (Wildman–Crippen MR) is 72.0 cm³/mol. The van der Waals surface area contributed by atoms with E-state index in [1.807, 2.05) is 30.3 Å². The van der Waals surface area contributed by atoms with E-state index in [9.17, 15) is 4.79 Å². The highest BCUT2D eigenvalue weighted by Crippen LogP contribution is 2.02.